The van der Waals surface area contributed by atoms with Crippen molar-refractivity contribution in [1.29, 1.82) is 0 Å². The first-order chi connectivity index (χ1) is 5.47. The summed E-state index contributed by atoms with van der Waals surface area (Å²) in [5.74, 6) is -4.31. The highest BCUT2D eigenvalue weighted by molar-refractivity contribution is 5.24. The molecule has 0 heterocycles. The monoisotopic (exact) mass is 177 g/mol. The fourth-order valence-electron chi connectivity index (χ4n) is 0.806. The van der Waals surface area contributed by atoms with E-state index < -0.39 is 22.6 Å². The third kappa shape index (κ3) is 1.20. The van der Waals surface area contributed by atoms with Crippen molar-refractivity contribution in [2.75, 3.05) is 0 Å². The van der Waals surface area contributed by atoms with Crippen molar-refractivity contribution < 1.29 is 18.8 Å². The molecule has 6 heteroatoms. The SMILES string of the molecule is O=[N+]([O-])C1(F)C=C(F)C=CC1O. The van der Waals surface area contributed by atoms with Gasteiger partial charge in [-0.3, -0.25) is 10.1 Å². The number of nitro groups is 1. The van der Waals surface area contributed by atoms with Gasteiger partial charge < -0.3 is 5.11 Å². The van der Waals surface area contributed by atoms with Gasteiger partial charge in [-0.1, -0.05) is 0 Å². The van der Waals surface area contributed by atoms with Gasteiger partial charge in [-0.2, -0.15) is 4.39 Å². The number of aliphatic hydroxyl groups excluding tert-OH is 1. The lowest BCUT2D eigenvalue weighted by Crippen LogP contribution is -2.43. The zero-order chi connectivity index (χ0) is 9.35. The van der Waals surface area contributed by atoms with Crippen molar-refractivity contribution in [3.63, 3.8) is 0 Å². The number of allylic oxidation sites excluding steroid dienone is 2. The first-order valence-electron chi connectivity index (χ1n) is 3.05. The number of alkyl halides is 1. The Morgan fingerprint density at radius 1 is 1.75 bits per heavy atom. The summed E-state index contributed by atoms with van der Waals surface area (Å²) in [4.78, 5) is 8.68. The van der Waals surface area contributed by atoms with Gasteiger partial charge in [0.25, 0.3) is 0 Å². The smallest absolute Gasteiger partial charge is 0.378 e. The normalized spacial score (nSPS) is 34.6. The molecule has 0 aromatic rings. The van der Waals surface area contributed by atoms with Crippen LogP contribution in [0.5, 0.6) is 0 Å². The van der Waals surface area contributed by atoms with Gasteiger partial charge in [0, 0.05) is 0 Å². The van der Waals surface area contributed by atoms with E-state index >= 15 is 0 Å². The predicted molar refractivity (Wildman–Crippen MR) is 35.2 cm³/mol. The Hall–Kier alpha value is -1.30. The van der Waals surface area contributed by atoms with E-state index in [-0.39, 0.29) is 6.08 Å². The summed E-state index contributed by atoms with van der Waals surface area (Å²) in [6.07, 6.45) is -0.339. The third-order valence-corrected chi connectivity index (χ3v) is 1.47. The lowest BCUT2D eigenvalue weighted by Gasteiger charge is -2.18. The quantitative estimate of drug-likeness (QED) is 0.364. The second-order valence-electron chi connectivity index (χ2n) is 2.32. The molecule has 0 aromatic heterocycles. The van der Waals surface area contributed by atoms with Crippen LogP contribution in [0.4, 0.5) is 8.78 Å². The van der Waals surface area contributed by atoms with Gasteiger partial charge in [-0.05, 0) is 12.2 Å². The Balaban J connectivity index is 3.05. The van der Waals surface area contributed by atoms with Crippen LogP contribution in [0.25, 0.3) is 0 Å². The maximum absolute atomic E-state index is 13.0. The molecule has 12 heavy (non-hydrogen) atoms. The Kier molecular flexibility index (Phi) is 1.93. The van der Waals surface area contributed by atoms with Gasteiger partial charge in [-0.25, -0.2) is 4.39 Å². The van der Waals surface area contributed by atoms with E-state index in [9.17, 15) is 18.9 Å². The number of halogens is 2. The molecule has 2 atom stereocenters. The molecule has 2 unspecified atom stereocenters. The molecule has 0 aromatic carbocycles. The van der Waals surface area contributed by atoms with Crippen LogP contribution >= 0.6 is 0 Å². The Morgan fingerprint density at radius 3 is 2.75 bits per heavy atom. The van der Waals surface area contributed by atoms with E-state index in [0.717, 1.165) is 6.08 Å². The van der Waals surface area contributed by atoms with Crippen LogP contribution < -0.4 is 0 Å². The second kappa shape index (κ2) is 2.63. The van der Waals surface area contributed by atoms with E-state index in [1.165, 1.54) is 0 Å². The lowest BCUT2D eigenvalue weighted by atomic mass is 10.0. The number of hydrogen-bond acceptors (Lipinski definition) is 3. The van der Waals surface area contributed by atoms with Gasteiger partial charge in [0.15, 0.2) is 6.10 Å². The molecule has 0 spiro atoms. The molecule has 0 amide bonds. The summed E-state index contributed by atoms with van der Waals surface area (Å²) in [5.41, 5.74) is 0. The van der Waals surface area contributed by atoms with Crippen LogP contribution in [-0.4, -0.2) is 21.9 Å². The second-order valence-corrected chi connectivity index (χ2v) is 2.32. The van der Waals surface area contributed by atoms with Gasteiger partial charge >= 0.3 is 5.79 Å². The van der Waals surface area contributed by atoms with E-state index in [0.29, 0.717) is 6.08 Å². The summed E-state index contributed by atoms with van der Waals surface area (Å²) < 4.78 is 25.4. The Bertz CT molecular complexity index is 276. The van der Waals surface area contributed by atoms with Crippen molar-refractivity contribution in [3.05, 3.63) is 34.2 Å². The summed E-state index contributed by atoms with van der Waals surface area (Å²) in [7, 11) is 0. The van der Waals surface area contributed by atoms with E-state index in [2.05, 4.69) is 0 Å². The molecule has 0 aliphatic heterocycles. The minimum atomic E-state index is -3.24. The summed E-state index contributed by atoms with van der Waals surface area (Å²) >= 11 is 0. The molecule has 0 fully saturated rings. The first kappa shape index (κ1) is 8.79. The van der Waals surface area contributed by atoms with Crippen molar-refractivity contribution in [2.24, 2.45) is 0 Å². The molecule has 0 saturated heterocycles. The largest absolute Gasteiger partial charge is 0.409 e. The van der Waals surface area contributed by atoms with Crippen LogP contribution in [0, 0.1) is 10.1 Å². The molecular weight excluding hydrogens is 172 g/mol. The van der Waals surface area contributed by atoms with Gasteiger partial charge in [-0.15, -0.1) is 0 Å². The van der Waals surface area contributed by atoms with Crippen molar-refractivity contribution in [2.45, 2.75) is 11.9 Å². The van der Waals surface area contributed by atoms with E-state index in [1.807, 2.05) is 0 Å². The van der Waals surface area contributed by atoms with Crippen molar-refractivity contribution in [1.82, 2.24) is 0 Å². The highest BCUT2D eigenvalue weighted by Gasteiger charge is 2.49. The number of hydrogen-bond donors (Lipinski definition) is 1. The molecule has 4 nitrogen and oxygen atoms in total. The first-order valence-corrected chi connectivity index (χ1v) is 3.05. The third-order valence-electron chi connectivity index (χ3n) is 1.47. The van der Waals surface area contributed by atoms with Crippen LogP contribution in [0.2, 0.25) is 0 Å². The van der Waals surface area contributed by atoms with Gasteiger partial charge in [0.1, 0.15) is 5.83 Å². The molecule has 1 aliphatic rings. The van der Waals surface area contributed by atoms with E-state index in [1.54, 1.807) is 0 Å². The zero-order valence-corrected chi connectivity index (χ0v) is 5.78. The lowest BCUT2D eigenvalue weighted by molar-refractivity contribution is -0.600. The molecule has 1 rings (SSSR count). The molecule has 0 saturated carbocycles. The van der Waals surface area contributed by atoms with Crippen LogP contribution in [0.3, 0.4) is 0 Å². The zero-order valence-electron chi connectivity index (χ0n) is 5.78. The number of nitrogens with zero attached hydrogens (tertiary/aromatic N) is 1. The highest BCUT2D eigenvalue weighted by Crippen LogP contribution is 2.26. The average molecular weight is 177 g/mol. The average Bonchev–Trinajstić information content (AvgIpc) is 1.97. The molecular formula is C6H5F2NO3. The van der Waals surface area contributed by atoms with E-state index in [4.69, 9.17) is 5.11 Å². The van der Waals surface area contributed by atoms with Crippen LogP contribution in [-0.2, 0) is 0 Å². The molecule has 66 valence electrons. The van der Waals surface area contributed by atoms with Crippen LogP contribution in [0.1, 0.15) is 0 Å². The molecule has 1 N–H and O–H groups in total. The summed E-state index contributed by atoms with van der Waals surface area (Å²) in [6.45, 7) is 0. The maximum Gasteiger partial charge on any atom is 0.409 e. The minimum Gasteiger partial charge on any atom is -0.378 e. The Morgan fingerprint density at radius 2 is 2.33 bits per heavy atom. The molecule has 0 radical (unpaired) electrons. The minimum absolute atomic E-state index is 0.137. The molecule has 0 bridgehead atoms. The fraction of sp³-hybridized carbons (Fsp3) is 0.333. The standard InChI is InChI=1S/C6H5F2NO3/c7-4-1-2-5(10)6(8,3-4)9(11)12/h1-3,5,10H. The Labute approximate surface area is 66.0 Å². The number of aliphatic hydroxyl groups is 1. The summed E-state index contributed by atoms with van der Waals surface area (Å²) in [5, 5.41) is 18.9. The van der Waals surface area contributed by atoms with Gasteiger partial charge in [0.2, 0.25) is 0 Å². The summed E-state index contributed by atoms with van der Waals surface area (Å²) in [6, 6.07) is 0. The topological polar surface area (TPSA) is 63.4 Å². The maximum atomic E-state index is 13.0. The van der Waals surface area contributed by atoms with Crippen molar-refractivity contribution in [3.8, 4) is 0 Å². The fourth-order valence-corrected chi connectivity index (χ4v) is 0.806. The van der Waals surface area contributed by atoms with Gasteiger partial charge in [0.05, 0.1) is 11.0 Å². The molecule has 1 aliphatic carbocycles. The van der Waals surface area contributed by atoms with Crippen LogP contribution in [0.15, 0.2) is 24.1 Å². The van der Waals surface area contributed by atoms with Crippen molar-refractivity contribution >= 4 is 0 Å². The highest BCUT2D eigenvalue weighted by atomic mass is 19.2. The predicted octanol–water partition coefficient (Wildman–Crippen LogP) is 0.713. The number of rotatable bonds is 1.